The summed E-state index contributed by atoms with van der Waals surface area (Å²) >= 11 is 0. The molecule has 1 nitrogen and oxygen atoms in total. The van der Waals surface area contributed by atoms with Crippen molar-refractivity contribution in [1.29, 1.82) is 0 Å². The van der Waals surface area contributed by atoms with Gasteiger partial charge in [0.1, 0.15) is 0 Å². The lowest BCUT2D eigenvalue weighted by Gasteiger charge is -2.39. The molecule has 0 aliphatic heterocycles. The Kier molecular flexibility index (Phi) is 4.47. The van der Waals surface area contributed by atoms with Crippen LogP contribution in [0, 0.1) is 0 Å². The molecule has 0 saturated heterocycles. The van der Waals surface area contributed by atoms with Crippen molar-refractivity contribution in [3.63, 3.8) is 0 Å². The van der Waals surface area contributed by atoms with Crippen LogP contribution in [0.1, 0.15) is 40.0 Å². The van der Waals surface area contributed by atoms with E-state index in [4.69, 9.17) is 12.3 Å². The molecule has 16 heavy (non-hydrogen) atoms. The topological polar surface area (TPSA) is 9.23 Å². The number of hydrogen-bond acceptors (Lipinski definition) is 1. The molecule has 0 spiro atoms. The van der Waals surface area contributed by atoms with E-state index in [-0.39, 0.29) is 0 Å². The minimum Gasteiger partial charge on any atom is -0.411 e. The SMILES string of the molecule is [B]CC1=CC(O[Si](C)(C)C(C)(C)C)CCC1. The Labute approximate surface area is 103 Å². The van der Waals surface area contributed by atoms with Crippen molar-refractivity contribution >= 4 is 16.2 Å². The Morgan fingerprint density at radius 3 is 2.56 bits per heavy atom. The summed E-state index contributed by atoms with van der Waals surface area (Å²) < 4.78 is 6.38. The molecule has 90 valence electrons. The number of rotatable bonds is 3. The van der Waals surface area contributed by atoms with Crippen molar-refractivity contribution in [2.75, 3.05) is 0 Å². The van der Waals surface area contributed by atoms with Crippen LogP contribution < -0.4 is 0 Å². The Bertz CT molecular complexity index is 266. The van der Waals surface area contributed by atoms with Crippen molar-refractivity contribution in [3.8, 4) is 0 Å². The molecule has 0 aromatic heterocycles. The summed E-state index contributed by atoms with van der Waals surface area (Å²) in [6.45, 7) is 11.5. The summed E-state index contributed by atoms with van der Waals surface area (Å²) in [5, 5.41) is 0.293. The average molecular weight is 236 g/mol. The molecule has 1 atom stereocenters. The average Bonchev–Trinajstić information content (AvgIpc) is 2.15. The van der Waals surface area contributed by atoms with Gasteiger partial charge >= 0.3 is 0 Å². The smallest absolute Gasteiger partial charge is 0.192 e. The van der Waals surface area contributed by atoms with Gasteiger partial charge in [-0.1, -0.05) is 38.7 Å². The Balaban J connectivity index is 2.67. The maximum atomic E-state index is 6.38. The lowest BCUT2D eigenvalue weighted by Crippen LogP contribution is -2.43. The first-order valence-electron chi connectivity index (χ1n) is 6.34. The fourth-order valence-corrected chi connectivity index (χ4v) is 3.07. The molecular formula is C13H25BOSi. The van der Waals surface area contributed by atoms with Gasteiger partial charge < -0.3 is 4.43 Å². The molecular weight excluding hydrogens is 211 g/mol. The first-order valence-corrected chi connectivity index (χ1v) is 9.24. The molecule has 0 saturated carbocycles. The van der Waals surface area contributed by atoms with Crippen LogP contribution in [0.5, 0.6) is 0 Å². The summed E-state index contributed by atoms with van der Waals surface area (Å²) in [6, 6.07) is 0. The van der Waals surface area contributed by atoms with E-state index in [1.165, 1.54) is 12.0 Å². The molecule has 0 amide bonds. The van der Waals surface area contributed by atoms with Crippen molar-refractivity contribution in [3.05, 3.63) is 11.6 Å². The third-order valence-electron chi connectivity index (χ3n) is 3.92. The maximum absolute atomic E-state index is 6.38. The molecule has 1 aliphatic rings. The zero-order valence-electron chi connectivity index (χ0n) is 11.5. The second kappa shape index (κ2) is 5.09. The molecule has 1 rings (SSSR count). The molecule has 2 radical (unpaired) electrons. The van der Waals surface area contributed by atoms with Crippen LogP contribution in [0.15, 0.2) is 11.6 Å². The molecule has 0 fully saturated rings. The summed E-state index contributed by atoms with van der Waals surface area (Å²) in [5.74, 6) is 0. The highest BCUT2D eigenvalue weighted by molar-refractivity contribution is 6.74. The second-order valence-electron chi connectivity index (χ2n) is 6.34. The fraction of sp³-hybridized carbons (Fsp3) is 0.846. The lowest BCUT2D eigenvalue weighted by molar-refractivity contribution is 0.205. The van der Waals surface area contributed by atoms with Gasteiger partial charge in [-0.3, -0.25) is 0 Å². The second-order valence-corrected chi connectivity index (χ2v) is 11.1. The van der Waals surface area contributed by atoms with Crippen LogP contribution in [0.2, 0.25) is 24.5 Å². The molecule has 1 unspecified atom stereocenters. The van der Waals surface area contributed by atoms with Crippen LogP contribution >= 0.6 is 0 Å². The standard InChI is InChI=1S/C13H25BOSi/c1-13(2,3)16(4,5)15-12-8-6-7-11(9-12)10-14/h9,12H,6-8,10H2,1-5H3. The molecule has 0 N–H and O–H groups in total. The molecule has 3 heteroatoms. The lowest BCUT2D eigenvalue weighted by atomic mass is 9.88. The largest absolute Gasteiger partial charge is 0.411 e. The first kappa shape index (κ1) is 14.0. The summed E-state index contributed by atoms with van der Waals surface area (Å²) in [7, 11) is 4.08. The van der Waals surface area contributed by atoms with E-state index in [0.29, 0.717) is 17.5 Å². The van der Waals surface area contributed by atoms with Gasteiger partial charge in [-0.15, -0.1) is 0 Å². The van der Waals surface area contributed by atoms with Crippen molar-refractivity contribution in [1.82, 2.24) is 0 Å². The fourth-order valence-electron chi connectivity index (χ4n) is 1.78. The molecule has 1 aliphatic carbocycles. The summed E-state index contributed by atoms with van der Waals surface area (Å²) in [5.41, 5.74) is 1.37. The van der Waals surface area contributed by atoms with Gasteiger partial charge in [-0.25, -0.2) is 0 Å². The highest BCUT2D eigenvalue weighted by Crippen LogP contribution is 2.38. The van der Waals surface area contributed by atoms with E-state index in [9.17, 15) is 0 Å². The quantitative estimate of drug-likeness (QED) is 0.530. The maximum Gasteiger partial charge on any atom is 0.192 e. The first-order chi connectivity index (χ1) is 7.26. The van der Waals surface area contributed by atoms with Crippen molar-refractivity contribution < 1.29 is 4.43 Å². The van der Waals surface area contributed by atoms with E-state index in [1.807, 2.05) is 0 Å². The minimum absolute atomic E-state index is 0.293. The predicted octanol–water partition coefficient (Wildman–Crippen LogP) is 4.07. The monoisotopic (exact) mass is 236 g/mol. The van der Waals surface area contributed by atoms with Gasteiger partial charge in [-0.2, -0.15) is 0 Å². The van der Waals surface area contributed by atoms with Gasteiger partial charge in [0.05, 0.1) is 14.0 Å². The molecule has 0 heterocycles. The summed E-state index contributed by atoms with van der Waals surface area (Å²) in [6.07, 6.45) is 6.82. The van der Waals surface area contributed by atoms with E-state index in [1.54, 1.807) is 0 Å². The Morgan fingerprint density at radius 2 is 2.06 bits per heavy atom. The van der Waals surface area contributed by atoms with Gasteiger partial charge in [0, 0.05) is 0 Å². The minimum atomic E-state index is -1.62. The van der Waals surface area contributed by atoms with E-state index >= 15 is 0 Å². The van der Waals surface area contributed by atoms with E-state index in [0.717, 1.165) is 12.8 Å². The normalized spacial score (nSPS) is 23.1. The van der Waals surface area contributed by atoms with Gasteiger partial charge in [0.2, 0.25) is 0 Å². The van der Waals surface area contributed by atoms with Crippen LogP contribution in [0.3, 0.4) is 0 Å². The van der Waals surface area contributed by atoms with E-state index in [2.05, 4.69) is 39.9 Å². The third kappa shape index (κ3) is 3.49. The van der Waals surface area contributed by atoms with E-state index < -0.39 is 8.32 Å². The molecule has 0 aromatic rings. The van der Waals surface area contributed by atoms with Crippen molar-refractivity contribution in [2.24, 2.45) is 0 Å². The molecule has 0 bridgehead atoms. The van der Waals surface area contributed by atoms with Gasteiger partial charge in [-0.05, 0) is 37.4 Å². The highest BCUT2D eigenvalue weighted by Gasteiger charge is 2.38. The predicted molar refractivity (Wildman–Crippen MR) is 74.6 cm³/mol. The van der Waals surface area contributed by atoms with Gasteiger partial charge in [0.25, 0.3) is 0 Å². The number of hydrogen-bond donors (Lipinski definition) is 0. The van der Waals surface area contributed by atoms with Gasteiger partial charge in [0.15, 0.2) is 8.32 Å². The Morgan fingerprint density at radius 1 is 1.44 bits per heavy atom. The number of allylic oxidation sites excluding steroid dienone is 1. The Hall–Kier alpha value is -0.0182. The van der Waals surface area contributed by atoms with Crippen molar-refractivity contribution in [2.45, 2.75) is 70.6 Å². The molecule has 0 aromatic carbocycles. The summed E-state index contributed by atoms with van der Waals surface area (Å²) in [4.78, 5) is 0. The van der Waals surface area contributed by atoms with Crippen LogP contribution in [0.4, 0.5) is 0 Å². The zero-order chi connectivity index (χ0) is 12.4. The highest BCUT2D eigenvalue weighted by atomic mass is 28.4. The zero-order valence-corrected chi connectivity index (χ0v) is 12.5. The van der Waals surface area contributed by atoms with Crippen LogP contribution in [0.25, 0.3) is 0 Å². The van der Waals surface area contributed by atoms with Crippen LogP contribution in [-0.4, -0.2) is 22.3 Å². The third-order valence-corrected chi connectivity index (χ3v) is 8.43. The van der Waals surface area contributed by atoms with Crippen LogP contribution in [-0.2, 0) is 4.43 Å².